The van der Waals surface area contributed by atoms with Crippen molar-refractivity contribution in [1.29, 1.82) is 0 Å². The van der Waals surface area contributed by atoms with Crippen LogP contribution in [-0.2, 0) is 10.3 Å². The van der Waals surface area contributed by atoms with E-state index in [1.54, 1.807) is 4.90 Å². The first kappa shape index (κ1) is 26.5. The summed E-state index contributed by atoms with van der Waals surface area (Å²) in [6, 6.07) is 40.2. The molecular weight excluding hydrogens is 555 g/mol. The molecule has 1 aliphatic rings. The van der Waals surface area contributed by atoms with E-state index in [0.717, 1.165) is 10.0 Å². The summed E-state index contributed by atoms with van der Waals surface area (Å²) >= 11 is 3.58. The highest BCUT2D eigenvalue weighted by molar-refractivity contribution is 9.10. The molecule has 0 N–H and O–H groups in total. The van der Waals surface area contributed by atoms with E-state index in [0.29, 0.717) is 13.1 Å². The highest BCUT2D eigenvalue weighted by atomic mass is 79.9. The minimum Gasteiger partial charge on any atom is -0.444 e. The van der Waals surface area contributed by atoms with Gasteiger partial charge in [0.1, 0.15) is 11.1 Å². The van der Waals surface area contributed by atoms with E-state index in [1.165, 1.54) is 15.9 Å². The molecule has 4 aromatic rings. The Labute approximate surface area is 233 Å². The molecular formula is C32H32BrN2O2P. The van der Waals surface area contributed by atoms with E-state index in [9.17, 15) is 4.79 Å². The smallest absolute Gasteiger partial charge is 0.410 e. The molecule has 1 heterocycles. The molecule has 6 heteroatoms. The van der Waals surface area contributed by atoms with Crippen molar-refractivity contribution in [3.8, 4) is 0 Å². The van der Waals surface area contributed by atoms with E-state index < -0.39 is 18.2 Å². The molecule has 0 aliphatic carbocycles. The summed E-state index contributed by atoms with van der Waals surface area (Å²) in [4.78, 5) is 14.8. The largest absolute Gasteiger partial charge is 0.444 e. The second kappa shape index (κ2) is 10.6. The first-order valence-electron chi connectivity index (χ1n) is 12.8. The second-order valence-electron chi connectivity index (χ2n) is 10.6. The Morgan fingerprint density at radius 3 is 1.58 bits per heavy atom. The Morgan fingerprint density at radius 2 is 1.18 bits per heavy atom. The molecule has 0 unspecified atom stereocenters. The number of halogens is 1. The molecule has 0 bridgehead atoms. The molecule has 4 nitrogen and oxygen atoms in total. The number of likely N-dealkylation sites (tertiary alicyclic amines) is 1. The molecule has 1 amide bonds. The van der Waals surface area contributed by atoms with Gasteiger partial charge in [0.15, 0.2) is 0 Å². The lowest BCUT2D eigenvalue weighted by Crippen LogP contribution is -2.61. The van der Waals surface area contributed by atoms with Crippen LogP contribution in [-0.4, -0.2) is 29.7 Å². The number of nitrogens with zero attached hydrogens (tertiary/aromatic N) is 2. The van der Waals surface area contributed by atoms with Crippen LogP contribution in [0.4, 0.5) is 4.79 Å². The predicted octanol–water partition coefficient (Wildman–Crippen LogP) is 7.07. The van der Waals surface area contributed by atoms with Gasteiger partial charge in [-0.1, -0.05) is 119 Å². The Bertz CT molecular complexity index is 1340. The molecule has 194 valence electrons. The lowest BCUT2D eigenvalue weighted by molar-refractivity contribution is -0.00796. The molecule has 1 saturated heterocycles. The average molecular weight is 587 g/mol. The minimum atomic E-state index is -2.48. The fraction of sp³-hybridized carbons (Fsp3) is 0.219. The summed E-state index contributed by atoms with van der Waals surface area (Å²) in [5.41, 5.74) is -0.0565. The summed E-state index contributed by atoms with van der Waals surface area (Å²) in [6.45, 7) is 6.60. The summed E-state index contributed by atoms with van der Waals surface area (Å²) in [5.74, 6) is 0. The zero-order valence-electron chi connectivity index (χ0n) is 21.9. The third-order valence-corrected chi connectivity index (χ3v) is 11.0. The lowest BCUT2D eigenvalue weighted by atomic mass is 9.84. The molecule has 0 spiro atoms. The number of carbonyl (C=O) groups is 1. The van der Waals surface area contributed by atoms with E-state index in [2.05, 4.69) is 113 Å². The molecule has 0 saturated carbocycles. The summed E-state index contributed by atoms with van der Waals surface area (Å²) in [5, 5.41) is 3.55. The van der Waals surface area contributed by atoms with Gasteiger partial charge in [0.05, 0.1) is 20.1 Å². The third-order valence-electron chi connectivity index (χ3n) is 6.67. The monoisotopic (exact) mass is 586 g/mol. The van der Waals surface area contributed by atoms with Crippen molar-refractivity contribution in [3.63, 3.8) is 0 Å². The fourth-order valence-electron chi connectivity index (χ4n) is 4.94. The minimum absolute atomic E-state index is 0.302. The maximum atomic E-state index is 13.1. The normalized spacial score (nSPS) is 14.9. The van der Waals surface area contributed by atoms with E-state index in [1.807, 2.05) is 39.0 Å². The number of hydrogen-bond acceptors (Lipinski definition) is 3. The third kappa shape index (κ3) is 5.23. The number of rotatable bonds is 5. The van der Waals surface area contributed by atoms with Gasteiger partial charge in [-0.3, -0.25) is 4.74 Å². The summed E-state index contributed by atoms with van der Waals surface area (Å²) in [7, 11) is -2.48. The number of amides is 1. The highest BCUT2D eigenvalue weighted by Crippen LogP contribution is 2.53. The average Bonchev–Trinajstić information content (AvgIpc) is 2.90. The number of carbonyl (C=O) groups excluding carboxylic acids is 1. The first-order valence-corrected chi connectivity index (χ1v) is 15.3. The van der Waals surface area contributed by atoms with Crippen LogP contribution in [0.3, 0.4) is 0 Å². The van der Waals surface area contributed by atoms with E-state index in [4.69, 9.17) is 9.48 Å². The van der Waals surface area contributed by atoms with Crippen LogP contribution in [0.2, 0.25) is 0 Å². The Balaban J connectivity index is 1.77. The molecule has 1 aliphatic heterocycles. The highest BCUT2D eigenvalue weighted by Gasteiger charge is 2.50. The summed E-state index contributed by atoms with van der Waals surface area (Å²) in [6.07, 6.45) is -0.302. The molecule has 0 aromatic heterocycles. The lowest BCUT2D eigenvalue weighted by Gasteiger charge is -2.49. The van der Waals surface area contributed by atoms with Crippen molar-refractivity contribution in [2.75, 3.05) is 13.1 Å². The van der Waals surface area contributed by atoms with Gasteiger partial charge in [-0.15, -0.1) is 0 Å². The second-order valence-corrected chi connectivity index (χ2v) is 14.6. The van der Waals surface area contributed by atoms with E-state index >= 15 is 0 Å². The fourth-order valence-corrected chi connectivity index (χ4v) is 9.08. The van der Waals surface area contributed by atoms with Crippen LogP contribution >= 0.6 is 23.0 Å². The van der Waals surface area contributed by atoms with Gasteiger partial charge in [0.25, 0.3) is 0 Å². The molecule has 0 atom stereocenters. The van der Waals surface area contributed by atoms with Crippen LogP contribution in [0.15, 0.2) is 124 Å². The zero-order chi connectivity index (χ0) is 26.8. The van der Waals surface area contributed by atoms with Crippen molar-refractivity contribution >= 4 is 45.0 Å². The van der Waals surface area contributed by atoms with Crippen LogP contribution in [0.5, 0.6) is 0 Å². The van der Waals surface area contributed by atoms with Gasteiger partial charge in [-0.2, -0.15) is 0 Å². The first-order chi connectivity index (χ1) is 18.2. The van der Waals surface area contributed by atoms with Gasteiger partial charge >= 0.3 is 6.09 Å². The Morgan fingerprint density at radius 1 is 0.763 bits per heavy atom. The van der Waals surface area contributed by atoms with Crippen molar-refractivity contribution in [1.82, 2.24) is 4.90 Å². The van der Waals surface area contributed by atoms with Crippen molar-refractivity contribution in [2.45, 2.75) is 31.9 Å². The number of ether oxygens (including phenoxy) is 1. The molecule has 0 radical (unpaired) electrons. The van der Waals surface area contributed by atoms with Gasteiger partial charge in [0, 0.05) is 20.4 Å². The Hall–Kier alpha value is -3.14. The van der Waals surface area contributed by atoms with Gasteiger partial charge in [-0.05, 0) is 38.5 Å². The van der Waals surface area contributed by atoms with E-state index in [-0.39, 0.29) is 6.09 Å². The zero-order valence-corrected chi connectivity index (χ0v) is 24.4. The topological polar surface area (TPSA) is 41.9 Å². The molecule has 1 fully saturated rings. The van der Waals surface area contributed by atoms with Crippen LogP contribution in [0, 0.1) is 0 Å². The van der Waals surface area contributed by atoms with Gasteiger partial charge in [0.2, 0.25) is 0 Å². The number of benzene rings is 4. The quantitative estimate of drug-likeness (QED) is 0.235. The SMILES string of the molecule is CC(C)(C)OC(=O)N1CC(N=P(c2ccccc2)(c2ccccc2)c2ccccc2)(c2ccc(Br)cc2)C1. The molecule has 5 rings (SSSR count). The predicted molar refractivity (Wildman–Crippen MR) is 161 cm³/mol. The number of hydrogen-bond donors (Lipinski definition) is 0. The van der Waals surface area contributed by atoms with Crippen LogP contribution in [0.25, 0.3) is 0 Å². The maximum Gasteiger partial charge on any atom is 0.410 e. The van der Waals surface area contributed by atoms with Crippen molar-refractivity contribution in [2.24, 2.45) is 4.74 Å². The van der Waals surface area contributed by atoms with Crippen LogP contribution in [0.1, 0.15) is 26.3 Å². The standard InChI is InChI=1S/C32H32BrN2O2P/c1-31(2,3)37-30(36)35-23-32(24-35,25-19-21-26(33)22-20-25)34-38(27-13-7-4-8-14-27,28-15-9-5-10-16-28)29-17-11-6-12-18-29/h4-22H,23-24H2,1-3H3. The molecule has 38 heavy (non-hydrogen) atoms. The van der Waals surface area contributed by atoms with Gasteiger partial charge < -0.3 is 9.64 Å². The molecule has 4 aromatic carbocycles. The van der Waals surface area contributed by atoms with Crippen molar-refractivity contribution < 1.29 is 9.53 Å². The Kier molecular flexibility index (Phi) is 7.35. The summed E-state index contributed by atoms with van der Waals surface area (Å²) < 4.78 is 12.7. The van der Waals surface area contributed by atoms with Crippen molar-refractivity contribution in [3.05, 3.63) is 125 Å². The van der Waals surface area contributed by atoms with Crippen LogP contribution < -0.4 is 15.9 Å². The maximum absolute atomic E-state index is 13.1. The van der Waals surface area contributed by atoms with Gasteiger partial charge in [-0.25, -0.2) is 4.79 Å².